The Kier molecular flexibility index (Phi) is 5.07. The molecule has 1 aliphatic heterocycles. The van der Waals surface area contributed by atoms with E-state index in [2.05, 4.69) is 16.7 Å². The molecule has 20 heavy (non-hydrogen) atoms. The summed E-state index contributed by atoms with van der Waals surface area (Å²) in [5.74, 6) is 0.368. The largest absolute Gasteiger partial charge is 0.306 e. The summed E-state index contributed by atoms with van der Waals surface area (Å²) in [7, 11) is -1.46. The molecule has 1 aromatic carbocycles. The standard InChI is InChI=1S/C14H21ClN2O2S/c1-11-5-3-7-13(14(11)15)20(18,19)16-9-12-6-4-8-17(2)10-12/h3,5,7,12,16H,4,6,8-10H2,1-2H3. The molecule has 1 fully saturated rings. The maximum Gasteiger partial charge on any atom is 0.242 e. The van der Waals surface area contributed by atoms with Crippen molar-refractivity contribution in [3.63, 3.8) is 0 Å². The van der Waals surface area contributed by atoms with Gasteiger partial charge in [0.05, 0.1) is 5.02 Å². The zero-order valence-electron chi connectivity index (χ0n) is 11.9. The van der Waals surface area contributed by atoms with Crippen LogP contribution >= 0.6 is 11.6 Å². The fourth-order valence-electron chi connectivity index (χ4n) is 2.57. The molecule has 6 heteroatoms. The topological polar surface area (TPSA) is 49.4 Å². The third-order valence-electron chi connectivity index (χ3n) is 3.73. The van der Waals surface area contributed by atoms with Gasteiger partial charge in [-0.25, -0.2) is 13.1 Å². The third kappa shape index (κ3) is 3.73. The first-order chi connectivity index (χ1) is 9.40. The van der Waals surface area contributed by atoms with Gasteiger partial charge in [0.15, 0.2) is 0 Å². The molecule has 1 heterocycles. The minimum atomic E-state index is -3.53. The van der Waals surface area contributed by atoms with Gasteiger partial charge in [-0.2, -0.15) is 0 Å². The SMILES string of the molecule is Cc1cccc(S(=O)(=O)NCC2CCCN(C)C2)c1Cl. The summed E-state index contributed by atoms with van der Waals surface area (Å²) in [6.07, 6.45) is 2.18. The molecule has 1 unspecified atom stereocenters. The summed E-state index contributed by atoms with van der Waals surface area (Å²) in [5.41, 5.74) is 0.770. The Morgan fingerprint density at radius 2 is 2.20 bits per heavy atom. The van der Waals surface area contributed by atoms with Crippen molar-refractivity contribution in [3.05, 3.63) is 28.8 Å². The van der Waals surface area contributed by atoms with E-state index >= 15 is 0 Å². The summed E-state index contributed by atoms with van der Waals surface area (Å²) in [6.45, 7) is 4.30. The molecule has 0 aromatic heterocycles. The van der Waals surface area contributed by atoms with Gasteiger partial charge in [-0.15, -0.1) is 0 Å². The second-order valence-electron chi connectivity index (χ2n) is 5.51. The lowest BCUT2D eigenvalue weighted by molar-refractivity contribution is 0.211. The molecule has 0 spiro atoms. The van der Waals surface area contributed by atoms with E-state index < -0.39 is 10.0 Å². The molecule has 0 aliphatic carbocycles. The first-order valence-corrected chi connectivity index (χ1v) is 8.69. The van der Waals surface area contributed by atoms with Crippen molar-refractivity contribution in [1.29, 1.82) is 0 Å². The lowest BCUT2D eigenvalue weighted by Crippen LogP contribution is -2.39. The van der Waals surface area contributed by atoms with E-state index in [1.165, 1.54) is 0 Å². The average molecular weight is 317 g/mol. The van der Waals surface area contributed by atoms with Crippen LogP contribution in [0.3, 0.4) is 0 Å². The van der Waals surface area contributed by atoms with Crippen LogP contribution in [0.15, 0.2) is 23.1 Å². The number of aryl methyl sites for hydroxylation is 1. The van der Waals surface area contributed by atoms with Gasteiger partial charge in [0.25, 0.3) is 0 Å². The van der Waals surface area contributed by atoms with Crippen molar-refractivity contribution >= 4 is 21.6 Å². The van der Waals surface area contributed by atoms with Crippen molar-refractivity contribution in [1.82, 2.24) is 9.62 Å². The van der Waals surface area contributed by atoms with Gasteiger partial charge in [0, 0.05) is 13.1 Å². The van der Waals surface area contributed by atoms with Crippen LogP contribution in [0.25, 0.3) is 0 Å². The van der Waals surface area contributed by atoms with Crippen molar-refractivity contribution in [2.45, 2.75) is 24.7 Å². The average Bonchev–Trinajstić information content (AvgIpc) is 2.40. The van der Waals surface area contributed by atoms with Crippen molar-refractivity contribution in [2.24, 2.45) is 5.92 Å². The van der Waals surface area contributed by atoms with Gasteiger partial charge in [-0.05, 0) is 50.9 Å². The first-order valence-electron chi connectivity index (χ1n) is 6.83. The van der Waals surface area contributed by atoms with Gasteiger partial charge in [0.1, 0.15) is 4.90 Å². The highest BCUT2D eigenvalue weighted by Crippen LogP contribution is 2.24. The summed E-state index contributed by atoms with van der Waals surface area (Å²) in [4.78, 5) is 2.41. The van der Waals surface area contributed by atoms with Crippen LogP contribution in [-0.2, 0) is 10.0 Å². The van der Waals surface area contributed by atoms with E-state index in [0.29, 0.717) is 17.5 Å². The second kappa shape index (κ2) is 6.43. The molecule has 1 atom stereocenters. The van der Waals surface area contributed by atoms with Gasteiger partial charge in [0.2, 0.25) is 10.0 Å². The number of nitrogens with zero attached hydrogens (tertiary/aromatic N) is 1. The monoisotopic (exact) mass is 316 g/mol. The predicted molar refractivity (Wildman–Crippen MR) is 81.6 cm³/mol. The van der Waals surface area contributed by atoms with Crippen LogP contribution in [0.2, 0.25) is 5.02 Å². The zero-order valence-corrected chi connectivity index (χ0v) is 13.5. The molecule has 0 amide bonds. The molecule has 0 saturated carbocycles. The highest BCUT2D eigenvalue weighted by molar-refractivity contribution is 7.89. The summed E-state index contributed by atoms with van der Waals surface area (Å²) >= 11 is 6.10. The quantitative estimate of drug-likeness (QED) is 0.927. The summed E-state index contributed by atoms with van der Waals surface area (Å²) in [5, 5.41) is 0.306. The van der Waals surface area contributed by atoms with E-state index in [1.807, 2.05) is 0 Å². The molecule has 1 aromatic rings. The van der Waals surface area contributed by atoms with E-state index in [9.17, 15) is 8.42 Å². The number of rotatable bonds is 4. The second-order valence-corrected chi connectivity index (χ2v) is 7.62. The zero-order chi connectivity index (χ0) is 14.8. The van der Waals surface area contributed by atoms with Crippen LogP contribution in [-0.4, -0.2) is 40.0 Å². The lowest BCUT2D eigenvalue weighted by atomic mass is 9.99. The molecule has 4 nitrogen and oxygen atoms in total. The van der Waals surface area contributed by atoms with Crippen LogP contribution in [0.1, 0.15) is 18.4 Å². The Balaban J connectivity index is 2.06. The molecule has 1 aliphatic rings. The number of likely N-dealkylation sites (tertiary alicyclic amines) is 1. The highest BCUT2D eigenvalue weighted by atomic mass is 35.5. The number of nitrogens with one attached hydrogen (secondary N) is 1. The molecular formula is C14H21ClN2O2S. The van der Waals surface area contributed by atoms with Gasteiger partial charge in [-0.3, -0.25) is 0 Å². The number of piperidine rings is 1. The van der Waals surface area contributed by atoms with Crippen LogP contribution in [0, 0.1) is 12.8 Å². The minimum Gasteiger partial charge on any atom is -0.306 e. The maximum absolute atomic E-state index is 12.3. The molecular weight excluding hydrogens is 296 g/mol. The number of sulfonamides is 1. The Hall–Kier alpha value is -0.620. The molecule has 112 valence electrons. The predicted octanol–water partition coefficient (Wildman–Crippen LogP) is 2.27. The molecule has 0 radical (unpaired) electrons. The van der Waals surface area contributed by atoms with Crippen LogP contribution in [0.4, 0.5) is 0 Å². The lowest BCUT2D eigenvalue weighted by Gasteiger charge is -2.29. The van der Waals surface area contributed by atoms with E-state index in [4.69, 9.17) is 11.6 Å². The molecule has 2 rings (SSSR count). The molecule has 1 saturated heterocycles. The Labute approximate surface area is 126 Å². The smallest absolute Gasteiger partial charge is 0.242 e. The number of hydrogen-bond acceptors (Lipinski definition) is 3. The number of hydrogen-bond donors (Lipinski definition) is 1. The van der Waals surface area contributed by atoms with Gasteiger partial charge < -0.3 is 4.90 Å². The Morgan fingerprint density at radius 3 is 2.90 bits per heavy atom. The van der Waals surface area contributed by atoms with E-state index in [-0.39, 0.29) is 4.90 Å². The Bertz CT molecular complexity index is 575. The number of benzene rings is 1. The fraction of sp³-hybridized carbons (Fsp3) is 0.571. The van der Waals surface area contributed by atoms with Crippen molar-refractivity contribution < 1.29 is 8.42 Å². The van der Waals surface area contributed by atoms with Crippen LogP contribution < -0.4 is 4.72 Å². The normalized spacial score (nSPS) is 21.1. The van der Waals surface area contributed by atoms with Crippen LogP contribution in [0.5, 0.6) is 0 Å². The van der Waals surface area contributed by atoms with Crippen molar-refractivity contribution in [2.75, 3.05) is 26.7 Å². The molecule has 0 bridgehead atoms. The summed E-state index contributed by atoms with van der Waals surface area (Å²) in [6, 6.07) is 5.06. The summed E-state index contributed by atoms with van der Waals surface area (Å²) < 4.78 is 27.3. The highest BCUT2D eigenvalue weighted by Gasteiger charge is 2.22. The third-order valence-corrected chi connectivity index (χ3v) is 5.81. The first kappa shape index (κ1) is 15.8. The van der Waals surface area contributed by atoms with Gasteiger partial charge >= 0.3 is 0 Å². The fourth-order valence-corrected chi connectivity index (χ4v) is 4.27. The van der Waals surface area contributed by atoms with E-state index in [0.717, 1.165) is 31.5 Å². The van der Waals surface area contributed by atoms with Gasteiger partial charge in [-0.1, -0.05) is 23.7 Å². The minimum absolute atomic E-state index is 0.170. The number of halogens is 1. The Morgan fingerprint density at radius 1 is 1.45 bits per heavy atom. The van der Waals surface area contributed by atoms with Crippen molar-refractivity contribution in [3.8, 4) is 0 Å². The molecule has 1 N–H and O–H groups in total. The van der Waals surface area contributed by atoms with E-state index in [1.54, 1.807) is 25.1 Å². The maximum atomic E-state index is 12.3.